The van der Waals surface area contributed by atoms with Crippen molar-refractivity contribution in [1.29, 1.82) is 0 Å². The van der Waals surface area contributed by atoms with E-state index in [2.05, 4.69) is 10.8 Å². The smallest absolute Gasteiger partial charge is 0.209 e. The normalized spacial score (nSPS) is 14.4. The van der Waals surface area contributed by atoms with Gasteiger partial charge in [-0.2, -0.15) is 0 Å². The van der Waals surface area contributed by atoms with Crippen molar-refractivity contribution in [3.8, 4) is 0 Å². The van der Waals surface area contributed by atoms with E-state index in [0.717, 1.165) is 5.56 Å². The first-order valence-corrected chi connectivity index (χ1v) is 7.95. The summed E-state index contributed by atoms with van der Waals surface area (Å²) in [5, 5.41) is 0. The van der Waals surface area contributed by atoms with Crippen LogP contribution >= 0.6 is 11.3 Å². The number of hydrogen-bond acceptors (Lipinski definition) is 3. The van der Waals surface area contributed by atoms with Crippen LogP contribution in [0.5, 0.6) is 0 Å². The van der Waals surface area contributed by atoms with E-state index in [0.29, 0.717) is 0 Å². The molecular weight excluding hydrogens is 242 g/mol. The van der Waals surface area contributed by atoms with Crippen LogP contribution < -0.4 is 4.72 Å². The first-order chi connectivity index (χ1) is 7.20. The molecular formula is C11H19NO2S2. The average Bonchev–Trinajstić information content (AvgIpc) is 2.39. The molecule has 0 aliphatic rings. The van der Waals surface area contributed by atoms with Gasteiger partial charge in [0.05, 0.1) is 6.26 Å². The van der Waals surface area contributed by atoms with Crippen molar-refractivity contribution in [2.24, 2.45) is 5.92 Å². The quantitative estimate of drug-likeness (QED) is 0.905. The van der Waals surface area contributed by atoms with Crippen molar-refractivity contribution in [2.75, 3.05) is 6.26 Å². The number of thiophene rings is 1. The number of nitrogens with one attached hydrogen (secondary N) is 1. The summed E-state index contributed by atoms with van der Waals surface area (Å²) in [6.45, 7) is 8.12. The average molecular weight is 261 g/mol. The summed E-state index contributed by atoms with van der Waals surface area (Å²) in [5.41, 5.74) is 1.10. The molecule has 3 nitrogen and oxygen atoms in total. The fourth-order valence-corrected chi connectivity index (χ4v) is 3.58. The molecule has 0 saturated carbocycles. The first-order valence-electron chi connectivity index (χ1n) is 5.25. The van der Waals surface area contributed by atoms with E-state index >= 15 is 0 Å². The molecule has 0 unspecified atom stereocenters. The van der Waals surface area contributed by atoms with Gasteiger partial charge in [-0.1, -0.05) is 13.8 Å². The van der Waals surface area contributed by atoms with Gasteiger partial charge in [0.1, 0.15) is 0 Å². The van der Waals surface area contributed by atoms with E-state index in [1.54, 1.807) is 11.3 Å². The number of aryl methyl sites for hydroxylation is 2. The highest BCUT2D eigenvalue weighted by Crippen LogP contribution is 2.30. The molecule has 1 rings (SSSR count). The zero-order chi connectivity index (χ0) is 12.5. The second-order valence-electron chi connectivity index (χ2n) is 4.48. The summed E-state index contributed by atoms with van der Waals surface area (Å²) in [6.07, 6.45) is 1.21. The van der Waals surface area contributed by atoms with E-state index in [9.17, 15) is 8.42 Å². The maximum atomic E-state index is 11.3. The Morgan fingerprint density at radius 3 is 2.19 bits per heavy atom. The number of rotatable bonds is 4. The Kier molecular flexibility index (Phi) is 4.15. The lowest BCUT2D eigenvalue weighted by molar-refractivity contribution is 0.464. The van der Waals surface area contributed by atoms with Crippen molar-refractivity contribution in [1.82, 2.24) is 4.72 Å². The molecule has 0 radical (unpaired) electrons. The largest absolute Gasteiger partial charge is 0.213 e. The highest BCUT2D eigenvalue weighted by atomic mass is 32.2. The molecule has 1 aromatic rings. The zero-order valence-electron chi connectivity index (χ0n) is 10.4. The Morgan fingerprint density at radius 2 is 1.88 bits per heavy atom. The summed E-state index contributed by atoms with van der Waals surface area (Å²) in [4.78, 5) is 2.40. The third-order valence-electron chi connectivity index (χ3n) is 2.42. The molecule has 1 heterocycles. The van der Waals surface area contributed by atoms with Crippen LogP contribution in [-0.2, 0) is 10.0 Å². The Hall–Kier alpha value is -0.390. The first kappa shape index (κ1) is 13.7. The molecule has 92 valence electrons. The molecule has 0 aliphatic carbocycles. The van der Waals surface area contributed by atoms with E-state index in [4.69, 9.17) is 0 Å². The molecule has 5 heteroatoms. The fourth-order valence-electron chi connectivity index (χ4n) is 1.75. The van der Waals surface area contributed by atoms with Gasteiger partial charge in [-0.05, 0) is 31.4 Å². The molecule has 1 aromatic heterocycles. The van der Waals surface area contributed by atoms with Crippen LogP contribution in [-0.4, -0.2) is 14.7 Å². The zero-order valence-corrected chi connectivity index (χ0v) is 12.0. The molecule has 0 saturated heterocycles. The predicted molar refractivity (Wildman–Crippen MR) is 69.4 cm³/mol. The maximum absolute atomic E-state index is 11.3. The van der Waals surface area contributed by atoms with Gasteiger partial charge in [-0.3, -0.25) is 0 Å². The van der Waals surface area contributed by atoms with E-state index < -0.39 is 10.0 Å². The Labute approximate surface area is 102 Å². The molecule has 0 spiro atoms. The Morgan fingerprint density at radius 1 is 1.31 bits per heavy atom. The minimum absolute atomic E-state index is 0.125. The van der Waals surface area contributed by atoms with Crippen molar-refractivity contribution in [2.45, 2.75) is 33.7 Å². The molecule has 16 heavy (non-hydrogen) atoms. The van der Waals surface area contributed by atoms with Crippen LogP contribution in [0.2, 0.25) is 0 Å². The molecule has 0 aromatic carbocycles. The highest BCUT2D eigenvalue weighted by molar-refractivity contribution is 7.88. The number of sulfonamides is 1. The van der Waals surface area contributed by atoms with Gasteiger partial charge in [0.15, 0.2) is 0 Å². The predicted octanol–water partition coefficient (Wildman–Crippen LogP) is 2.61. The van der Waals surface area contributed by atoms with Gasteiger partial charge in [0.2, 0.25) is 10.0 Å². The van der Waals surface area contributed by atoms with Crippen molar-refractivity contribution in [3.63, 3.8) is 0 Å². The third kappa shape index (κ3) is 3.57. The SMILES string of the molecule is Cc1cc([C@@H](NS(C)(=O)=O)C(C)C)c(C)s1. The van der Waals surface area contributed by atoms with Gasteiger partial charge in [0.25, 0.3) is 0 Å². The van der Waals surface area contributed by atoms with Gasteiger partial charge < -0.3 is 0 Å². The van der Waals surface area contributed by atoms with Crippen LogP contribution in [0.4, 0.5) is 0 Å². The molecule has 0 amide bonds. The van der Waals surface area contributed by atoms with E-state index in [1.807, 2.05) is 27.7 Å². The molecule has 0 fully saturated rings. The molecule has 1 N–H and O–H groups in total. The van der Waals surface area contributed by atoms with E-state index in [-0.39, 0.29) is 12.0 Å². The van der Waals surface area contributed by atoms with Crippen molar-refractivity contribution in [3.05, 3.63) is 21.4 Å². The van der Waals surface area contributed by atoms with Crippen molar-refractivity contribution >= 4 is 21.4 Å². The second kappa shape index (κ2) is 4.85. The highest BCUT2D eigenvalue weighted by Gasteiger charge is 2.22. The fraction of sp³-hybridized carbons (Fsp3) is 0.636. The lowest BCUT2D eigenvalue weighted by Crippen LogP contribution is -2.30. The monoisotopic (exact) mass is 261 g/mol. The van der Waals surface area contributed by atoms with Crippen molar-refractivity contribution < 1.29 is 8.42 Å². The third-order valence-corrected chi connectivity index (χ3v) is 4.09. The lowest BCUT2D eigenvalue weighted by Gasteiger charge is -2.21. The van der Waals surface area contributed by atoms with Crippen LogP contribution in [0, 0.1) is 19.8 Å². The lowest BCUT2D eigenvalue weighted by atomic mass is 9.97. The summed E-state index contributed by atoms with van der Waals surface area (Å²) < 4.78 is 25.4. The molecule has 1 atom stereocenters. The van der Waals surface area contributed by atoms with Crippen LogP contribution in [0.25, 0.3) is 0 Å². The molecule has 0 aliphatic heterocycles. The summed E-state index contributed by atoms with van der Waals surface area (Å²) in [6, 6.07) is 1.95. The standard InChI is InChI=1S/C11H19NO2S2/c1-7(2)11(12-16(5,13)14)10-6-8(3)15-9(10)4/h6-7,11-12H,1-5H3/t11-/m0/s1. The van der Waals surface area contributed by atoms with Gasteiger partial charge in [0, 0.05) is 15.8 Å². The number of hydrogen-bond donors (Lipinski definition) is 1. The summed E-state index contributed by atoms with van der Waals surface area (Å²) >= 11 is 1.71. The Balaban J connectivity index is 3.08. The van der Waals surface area contributed by atoms with Gasteiger partial charge in [-0.15, -0.1) is 11.3 Å². The molecule has 0 bridgehead atoms. The van der Waals surface area contributed by atoms with E-state index in [1.165, 1.54) is 16.0 Å². The minimum atomic E-state index is -3.17. The summed E-state index contributed by atoms with van der Waals surface area (Å²) in [7, 11) is -3.17. The van der Waals surface area contributed by atoms with Crippen LogP contribution in [0.1, 0.15) is 35.2 Å². The van der Waals surface area contributed by atoms with Gasteiger partial charge >= 0.3 is 0 Å². The van der Waals surface area contributed by atoms with Gasteiger partial charge in [-0.25, -0.2) is 13.1 Å². The van der Waals surface area contributed by atoms with Crippen LogP contribution in [0.15, 0.2) is 6.07 Å². The second-order valence-corrected chi connectivity index (χ2v) is 7.72. The Bertz CT molecular complexity index is 460. The topological polar surface area (TPSA) is 46.2 Å². The summed E-state index contributed by atoms with van der Waals surface area (Å²) in [5.74, 6) is 0.238. The minimum Gasteiger partial charge on any atom is -0.213 e. The van der Waals surface area contributed by atoms with Crippen LogP contribution in [0.3, 0.4) is 0 Å². The maximum Gasteiger partial charge on any atom is 0.209 e.